The number of nitrogens with two attached hydrogens (primary N) is 2. The first-order chi connectivity index (χ1) is 15.9. The normalized spacial score (nSPS) is 13.9. The molecular weight excluding hydrogens is 438 g/mol. The number of nitrogens with zero attached hydrogens (tertiary/aromatic N) is 1. The summed E-state index contributed by atoms with van der Waals surface area (Å²) < 4.78 is 5.93. The Balaban J connectivity index is 1.82. The van der Waals surface area contributed by atoms with Crippen LogP contribution in [0.4, 0.5) is 5.00 Å². The van der Waals surface area contributed by atoms with Crippen LogP contribution in [0.25, 0.3) is 11.0 Å². The predicted octanol–water partition coefficient (Wildman–Crippen LogP) is 4.63. The highest BCUT2D eigenvalue weighted by Crippen LogP contribution is 2.39. The number of aryl methyl sites for hydroxylation is 2. The molecule has 0 atom stereocenters. The minimum Gasteiger partial charge on any atom is -0.508 e. The van der Waals surface area contributed by atoms with Gasteiger partial charge in [0.2, 0.25) is 5.55 Å². The maximum atomic E-state index is 12.2. The third kappa shape index (κ3) is 4.80. The molecule has 174 valence electrons. The van der Waals surface area contributed by atoms with Crippen LogP contribution in [0.2, 0.25) is 0 Å². The van der Waals surface area contributed by atoms with E-state index in [2.05, 4.69) is 11.9 Å². The van der Waals surface area contributed by atoms with Crippen LogP contribution in [-0.4, -0.2) is 16.9 Å². The van der Waals surface area contributed by atoms with Crippen molar-refractivity contribution < 1.29 is 19.1 Å². The Morgan fingerprint density at radius 1 is 1.09 bits per heavy atom. The standard InChI is InChI=1S/C25H29N3O4S/c1-2-3-4-5-8-14-11-15-12-17(22(26)30)24(32-19(15)13-18(14)29)28-25-21(23(27)31)16-9-6-7-10-20(16)33-25/h11-13,29H,2-10H2,1H3,(H2,26,30)(H2,27,31). The number of aromatic hydroxyl groups is 1. The summed E-state index contributed by atoms with van der Waals surface area (Å²) in [7, 11) is 0. The van der Waals surface area contributed by atoms with E-state index in [0.717, 1.165) is 73.8 Å². The van der Waals surface area contributed by atoms with Gasteiger partial charge in [-0.05, 0) is 61.8 Å². The molecule has 0 spiro atoms. The minimum atomic E-state index is -0.682. The molecular formula is C25H29N3O4S. The van der Waals surface area contributed by atoms with Gasteiger partial charge in [0.25, 0.3) is 11.8 Å². The predicted molar refractivity (Wildman–Crippen MR) is 129 cm³/mol. The van der Waals surface area contributed by atoms with Crippen molar-refractivity contribution >= 4 is 39.1 Å². The number of thiophene rings is 1. The van der Waals surface area contributed by atoms with E-state index in [1.54, 1.807) is 12.1 Å². The maximum absolute atomic E-state index is 12.2. The van der Waals surface area contributed by atoms with Gasteiger partial charge in [0.1, 0.15) is 21.9 Å². The Kier molecular flexibility index (Phi) is 6.83. The summed E-state index contributed by atoms with van der Waals surface area (Å²) in [5, 5.41) is 11.6. The van der Waals surface area contributed by atoms with Gasteiger partial charge in [0.05, 0.1) is 5.56 Å². The fourth-order valence-electron chi connectivity index (χ4n) is 4.39. The zero-order valence-electron chi connectivity index (χ0n) is 18.8. The fourth-order valence-corrected chi connectivity index (χ4v) is 5.65. The molecule has 4 rings (SSSR count). The molecule has 1 aliphatic carbocycles. The van der Waals surface area contributed by atoms with Crippen molar-refractivity contribution in [2.75, 3.05) is 0 Å². The average Bonchev–Trinajstić information content (AvgIpc) is 3.14. The van der Waals surface area contributed by atoms with Gasteiger partial charge in [-0.3, -0.25) is 9.59 Å². The van der Waals surface area contributed by atoms with Crippen molar-refractivity contribution in [3.63, 3.8) is 0 Å². The van der Waals surface area contributed by atoms with E-state index in [4.69, 9.17) is 15.9 Å². The average molecular weight is 468 g/mol. The monoisotopic (exact) mass is 467 g/mol. The molecule has 5 N–H and O–H groups in total. The summed E-state index contributed by atoms with van der Waals surface area (Å²) in [4.78, 5) is 30.1. The highest BCUT2D eigenvalue weighted by Gasteiger charge is 2.24. The van der Waals surface area contributed by atoms with Gasteiger partial charge in [0, 0.05) is 16.3 Å². The second-order valence-electron chi connectivity index (χ2n) is 8.53. The number of amides is 2. The SMILES string of the molecule is CCCCCCc1cc2cc(C(N)=O)c(=Nc3sc4c(c3C(N)=O)CCCC4)oc2cc1O. The number of phenols is 1. The molecule has 8 heteroatoms. The molecule has 2 heterocycles. The first-order valence-corrected chi connectivity index (χ1v) is 12.3. The van der Waals surface area contributed by atoms with Crippen LogP contribution < -0.4 is 17.0 Å². The van der Waals surface area contributed by atoms with Gasteiger partial charge >= 0.3 is 0 Å². The Morgan fingerprint density at radius 2 is 1.88 bits per heavy atom. The first-order valence-electron chi connectivity index (χ1n) is 11.5. The largest absolute Gasteiger partial charge is 0.508 e. The highest BCUT2D eigenvalue weighted by molar-refractivity contribution is 7.16. The number of phenolic OH excluding ortho intramolecular Hbond substituents is 1. The number of unbranched alkanes of at least 4 members (excludes halogenated alkanes) is 3. The van der Waals surface area contributed by atoms with Crippen molar-refractivity contribution in [1.82, 2.24) is 0 Å². The number of primary amides is 2. The zero-order chi connectivity index (χ0) is 23.5. The lowest BCUT2D eigenvalue weighted by Gasteiger charge is -2.10. The summed E-state index contributed by atoms with van der Waals surface area (Å²) >= 11 is 1.40. The molecule has 2 amide bonds. The molecule has 3 aromatic rings. The molecule has 0 aliphatic heterocycles. The second-order valence-corrected chi connectivity index (χ2v) is 9.61. The molecule has 0 unspecified atom stereocenters. The molecule has 1 aliphatic rings. The van der Waals surface area contributed by atoms with E-state index in [0.29, 0.717) is 21.5 Å². The minimum absolute atomic E-state index is 0.00573. The van der Waals surface area contributed by atoms with Crippen LogP contribution in [-0.2, 0) is 19.3 Å². The van der Waals surface area contributed by atoms with Crippen molar-refractivity contribution in [1.29, 1.82) is 0 Å². The van der Waals surface area contributed by atoms with Crippen LogP contribution in [0, 0.1) is 0 Å². The number of hydrogen-bond donors (Lipinski definition) is 3. The van der Waals surface area contributed by atoms with Crippen molar-refractivity contribution in [3.8, 4) is 5.75 Å². The van der Waals surface area contributed by atoms with Crippen LogP contribution in [0.1, 0.15) is 82.2 Å². The number of fused-ring (bicyclic) bond motifs is 2. The highest BCUT2D eigenvalue weighted by atomic mass is 32.1. The Hall–Kier alpha value is -3.13. The summed E-state index contributed by atoms with van der Waals surface area (Å²) in [6, 6.07) is 5.00. The quantitative estimate of drug-likeness (QED) is 0.417. The molecule has 7 nitrogen and oxygen atoms in total. The van der Waals surface area contributed by atoms with E-state index < -0.39 is 11.8 Å². The Bertz CT molecular complexity index is 1290. The van der Waals surface area contributed by atoms with Gasteiger partial charge in [-0.25, -0.2) is 4.99 Å². The van der Waals surface area contributed by atoms with Gasteiger partial charge in [0.15, 0.2) is 0 Å². The van der Waals surface area contributed by atoms with E-state index in [9.17, 15) is 14.7 Å². The second kappa shape index (κ2) is 9.79. The summed E-state index contributed by atoms with van der Waals surface area (Å²) in [5.41, 5.74) is 14.0. The Labute approximate surface area is 196 Å². The lowest BCUT2D eigenvalue weighted by molar-refractivity contribution is 0.0990. The van der Waals surface area contributed by atoms with E-state index in [1.807, 2.05) is 6.07 Å². The molecule has 0 bridgehead atoms. The lowest BCUT2D eigenvalue weighted by Crippen LogP contribution is -2.22. The Morgan fingerprint density at radius 3 is 2.61 bits per heavy atom. The van der Waals surface area contributed by atoms with Gasteiger partial charge in [-0.15, -0.1) is 11.3 Å². The van der Waals surface area contributed by atoms with Crippen LogP contribution in [0.5, 0.6) is 5.75 Å². The third-order valence-electron chi connectivity index (χ3n) is 6.12. The summed E-state index contributed by atoms with van der Waals surface area (Å²) in [6.45, 7) is 2.15. The van der Waals surface area contributed by atoms with Crippen molar-refractivity contribution in [2.45, 2.75) is 64.7 Å². The number of carbonyl (C=O) groups excluding carboxylic acids is 2. The summed E-state index contributed by atoms with van der Waals surface area (Å²) in [5.74, 6) is -1.08. The van der Waals surface area contributed by atoms with Crippen LogP contribution in [0.3, 0.4) is 0 Å². The van der Waals surface area contributed by atoms with E-state index in [1.165, 1.54) is 11.3 Å². The van der Waals surface area contributed by atoms with Crippen molar-refractivity contribution in [2.24, 2.45) is 16.5 Å². The third-order valence-corrected chi connectivity index (χ3v) is 7.30. The van der Waals surface area contributed by atoms with E-state index >= 15 is 0 Å². The molecule has 0 saturated carbocycles. The lowest BCUT2D eigenvalue weighted by atomic mass is 9.95. The van der Waals surface area contributed by atoms with Gasteiger partial charge in [-0.1, -0.05) is 26.2 Å². The number of hydrogen-bond acceptors (Lipinski definition) is 6. The summed E-state index contributed by atoms with van der Waals surface area (Å²) in [6.07, 6.45) is 8.81. The van der Waals surface area contributed by atoms with Crippen molar-refractivity contribution in [3.05, 3.63) is 50.9 Å². The topological polar surface area (TPSA) is 132 Å². The molecule has 0 saturated heterocycles. The maximum Gasteiger partial charge on any atom is 0.254 e. The molecule has 2 aromatic heterocycles. The molecule has 0 fully saturated rings. The molecule has 1 aromatic carbocycles. The number of carbonyl (C=O) groups is 2. The van der Waals surface area contributed by atoms with E-state index in [-0.39, 0.29) is 16.9 Å². The first kappa shape index (κ1) is 23.0. The van der Waals surface area contributed by atoms with Gasteiger partial charge in [-0.2, -0.15) is 0 Å². The number of rotatable bonds is 8. The fraction of sp³-hybridized carbons (Fsp3) is 0.400. The zero-order valence-corrected chi connectivity index (χ0v) is 19.6. The van der Waals surface area contributed by atoms with Crippen LogP contribution >= 0.6 is 11.3 Å². The number of benzene rings is 1. The smallest absolute Gasteiger partial charge is 0.254 e. The molecule has 0 radical (unpaired) electrons. The van der Waals surface area contributed by atoms with Crippen LogP contribution in [0.15, 0.2) is 27.6 Å². The van der Waals surface area contributed by atoms with Gasteiger partial charge < -0.3 is 21.0 Å². The molecule has 33 heavy (non-hydrogen) atoms.